The predicted octanol–water partition coefficient (Wildman–Crippen LogP) is 1.63. The fourth-order valence-electron chi connectivity index (χ4n) is 3.65. The lowest BCUT2D eigenvalue weighted by Gasteiger charge is -2.05. The number of benzene rings is 2. The average Bonchev–Trinajstić information content (AvgIpc) is 3.52. The molecule has 6 N–H and O–H groups in total. The van der Waals surface area contributed by atoms with E-state index >= 15 is 0 Å². The molecule has 4 aromatic rings. The molecule has 4 rings (SSSR count). The van der Waals surface area contributed by atoms with Crippen LogP contribution in [0.3, 0.4) is 0 Å². The molecule has 0 unspecified atom stereocenters. The number of hydrogen-bond donors (Lipinski definition) is 5. The predicted molar refractivity (Wildman–Crippen MR) is 135 cm³/mol. The van der Waals surface area contributed by atoms with E-state index in [9.17, 15) is 9.90 Å². The highest BCUT2D eigenvalue weighted by molar-refractivity contribution is 6.05. The van der Waals surface area contributed by atoms with Crippen LogP contribution in [0.2, 0.25) is 0 Å². The van der Waals surface area contributed by atoms with Crippen molar-refractivity contribution >= 4 is 16.8 Å². The van der Waals surface area contributed by atoms with Gasteiger partial charge in [-0.2, -0.15) is 15.1 Å². The molecular formula is C25H27N7O4. The Balaban J connectivity index is 0.00000176. The van der Waals surface area contributed by atoms with Gasteiger partial charge in [-0.05, 0) is 55.9 Å². The maximum Gasteiger partial charge on any atom is 0.269 e. The molecule has 0 aliphatic rings. The van der Waals surface area contributed by atoms with Crippen molar-refractivity contribution in [3.63, 3.8) is 0 Å². The molecule has 0 radical (unpaired) electrons. The van der Waals surface area contributed by atoms with Gasteiger partial charge in [0.1, 0.15) is 6.10 Å². The van der Waals surface area contributed by atoms with Crippen molar-refractivity contribution in [2.45, 2.75) is 19.1 Å². The molecule has 1 amide bonds. The summed E-state index contributed by atoms with van der Waals surface area (Å²) in [7, 11) is 1.82. The third-order valence-electron chi connectivity index (χ3n) is 5.35. The minimum atomic E-state index is -0.719. The van der Waals surface area contributed by atoms with E-state index in [1.54, 1.807) is 15.6 Å². The van der Waals surface area contributed by atoms with Gasteiger partial charge in [0.2, 0.25) is 0 Å². The SMILES string of the molecule is CNCC[C@@H](O)C#Cc1cccc(-n2nc(C(N)=O)c3cc(-c4cnn(CCO)c4)ccc32)c1.N=O. The van der Waals surface area contributed by atoms with Gasteiger partial charge in [-0.3, -0.25) is 9.48 Å². The van der Waals surface area contributed by atoms with E-state index in [1.807, 2.05) is 55.7 Å². The standard InChI is InChI=1S/C25H26N6O3.HNO/c1-27-10-9-21(33)7-5-17-3-2-4-20(13-17)31-23-8-6-18(14-22(23)24(29-31)25(26)34)19-15-28-30(16-19)11-12-32;1-2/h2-4,6,8,13-16,21,27,32-33H,9-12H2,1H3,(H2,26,34);1H/t21-;/m0./s1. The molecule has 0 bridgehead atoms. The summed E-state index contributed by atoms with van der Waals surface area (Å²) in [5.74, 6) is 5.22. The van der Waals surface area contributed by atoms with Crippen LogP contribution in [-0.4, -0.2) is 62.0 Å². The number of nitrogens with one attached hydrogen (secondary N) is 2. The first-order chi connectivity index (χ1) is 17.5. The summed E-state index contributed by atoms with van der Waals surface area (Å²) in [5.41, 5.74) is 14.2. The highest BCUT2D eigenvalue weighted by Crippen LogP contribution is 2.28. The Bertz CT molecular complexity index is 1400. The molecule has 11 heteroatoms. The zero-order valence-corrected chi connectivity index (χ0v) is 19.7. The van der Waals surface area contributed by atoms with Crippen LogP contribution >= 0.6 is 0 Å². The number of nitroso groups, excluding NO2 is 1. The monoisotopic (exact) mass is 489 g/mol. The van der Waals surface area contributed by atoms with Gasteiger partial charge < -0.3 is 21.3 Å². The van der Waals surface area contributed by atoms with Gasteiger partial charge in [0.15, 0.2) is 5.69 Å². The van der Waals surface area contributed by atoms with Gasteiger partial charge in [0.25, 0.3) is 5.91 Å². The number of nitrogens with zero attached hydrogens (tertiary/aromatic N) is 4. The zero-order chi connectivity index (χ0) is 26.1. The summed E-state index contributed by atoms with van der Waals surface area (Å²) in [4.78, 5) is 19.7. The molecule has 1 atom stereocenters. The number of fused-ring (bicyclic) bond motifs is 1. The third-order valence-corrected chi connectivity index (χ3v) is 5.35. The Hall–Kier alpha value is -4.37. The van der Waals surface area contributed by atoms with Crippen molar-refractivity contribution < 1.29 is 15.0 Å². The lowest BCUT2D eigenvalue weighted by atomic mass is 10.1. The first-order valence-electron chi connectivity index (χ1n) is 11.1. The topological polar surface area (TPSA) is 172 Å². The maximum atomic E-state index is 12.2. The minimum absolute atomic E-state index is 0.00288. The quantitative estimate of drug-likeness (QED) is 0.185. The second-order valence-corrected chi connectivity index (χ2v) is 7.80. The number of carbonyl (C=O) groups excluding carboxylic acids is 1. The van der Waals surface area contributed by atoms with E-state index in [-0.39, 0.29) is 12.3 Å². The van der Waals surface area contributed by atoms with E-state index in [4.69, 9.17) is 15.7 Å². The molecule has 0 saturated heterocycles. The second-order valence-electron chi connectivity index (χ2n) is 7.80. The normalized spacial score (nSPS) is 11.3. The number of aliphatic hydroxyl groups is 2. The van der Waals surface area contributed by atoms with E-state index in [1.165, 1.54) is 0 Å². The van der Waals surface area contributed by atoms with Crippen LogP contribution in [0.15, 0.2) is 54.9 Å². The van der Waals surface area contributed by atoms with Crippen LogP contribution in [0.25, 0.3) is 27.7 Å². The Morgan fingerprint density at radius 1 is 1.22 bits per heavy atom. The van der Waals surface area contributed by atoms with Gasteiger partial charge in [-0.1, -0.05) is 29.6 Å². The molecule has 36 heavy (non-hydrogen) atoms. The Kier molecular flexibility index (Phi) is 9.01. The van der Waals surface area contributed by atoms with Crippen molar-refractivity contribution in [1.29, 1.82) is 5.59 Å². The van der Waals surface area contributed by atoms with Crippen molar-refractivity contribution in [2.24, 2.45) is 5.73 Å². The number of aliphatic hydroxyl groups excluding tert-OH is 2. The summed E-state index contributed by atoms with van der Waals surface area (Å²) in [6.07, 6.45) is 3.36. The number of primary amides is 1. The molecule has 2 heterocycles. The number of nitrogens with two attached hydrogens (primary N) is 1. The molecule has 2 aromatic carbocycles. The summed E-state index contributed by atoms with van der Waals surface area (Å²) in [6, 6.07) is 13.1. The number of amides is 1. The number of carbonyl (C=O) groups is 1. The second kappa shape index (κ2) is 12.4. The van der Waals surface area contributed by atoms with Crippen molar-refractivity contribution in [1.82, 2.24) is 24.9 Å². The molecule has 0 fully saturated rings. The summed E-state index contributed by atoms with van der Waals surface area (Å²) in [6.45, 7) is 1.07. The molecule has 0 spiro atoms. The van der Waals surface area contributed by atoms with Crippen LogP contribution in [-0.2, 0) is 6.54 Å². The molecular weight excluding hydrogens is 462 g/mol. The fraction of sp³-hybridized carbons (Fsp3) is 0.240. The van der Waals surface area contributed by atoms with E-state index in [0.29, 0.717) is 24.9 Å². The minimum Gasteiger partial charge on any atom is -0.394 e. The first-order valence-corrected chi connectivity index (χ1v) is 11.1. The average molecular weight is 490 g/mol. The van der Waals surface area contributed by atoms with Crippen LogP contribution in [0, 0.1) is 22.3 Å². The number of hydrogen-bond acceptors (Lipinski definition) is 8. The van der Waals surface area contributed by atoms with Gasteiger partial charge in [-0.25, -0.2) is 4.68 Å². The fourth-order valence-corrected chi connectivity index (χ4v) is 3.65. The van der Waals surface area contributed by atoms with Crippen LogP contribution in [0.5, 0.6) is 0 Å². The molecule has 186 valence electrons. The van der Waals surface area contributed by atoms with Gasteiger partial charge in [0.05, 0.1) is 30.6 Å². The molecule has 0 aliphatic heterocycles. The van der Waals surface area contributed by atoms with E-state index in [2.05, 4.69) is 32.9 Å². The van der Waals surface area contributed by atoms with Gasteiger partial charge in [0, 0.05) is 22.7 Å². The largest absolute Gasteiger partial charge is 0.394 e. The highest BCUT2D eigenvalue weighted by Gasteiger charge is 2.17. The van der Waals surface area contributed by atoms with E-state index < -0.39 is 12.0 Å². The molecule has 11 nitrogen and oxygen atoms in total. The molecule has 0 aliphatic carbocycles. The lowest BCUT2D eigenvalue weighted by Crippen LogP contribution is -2.15. The van der Waals surface area contributed by atoms with Crippen LogP contribution in [0.4, 0.5) is 0 Å². The summed E-state index contributed by atoms with van der Waals surface area (Å²) in [5, 5.41) is 31.4. The summed E-state index contributed by atoms with van der Waals surface area (Å²) < 4.78 is 3.32. The van der Waals surface area contributed by atoms with Crippen molar-refractivity contribution in [2.75, 3.05) is 20.2 Å². The number of rotatable bonds is 8. The Labute approximate surface area is 207 Å². The number of aromatic nitrogens is 4. The highest BCUT2D eigenvalue weighted by atomic mass is 16.3. The third kappa shape index (κ3) is 6.00. The summed E-state index contributed by atoms with van der Waals surface area (Å²) >= 11 is 0. The molecule has 0 saturated carbocycles. The first kappa shape index (κ1) is 26.2. The Morgan fingerprint density at radius 3 is 2.75 bits per heavy atom. The van der Waals surface area contributed by atoms with Crippen molar-refractivity contribution in [3.05, 3.63) is 71.0 Å². The van der Waals surface area contributed by atoms with Gasteiger partial charge in [-0.15, -0.1) is 0 Å². The Morgan fingerprint density at radius 2 is 2.03 bits per heavy atom. The van der Waals surface area contributed by atoms with Crippen LogP contribution < -0.4 is 11.1 Å². The smallest absolute Gasteiger partial charge is 0.269 e. The van der Waals surface area contributed by atoms with Gasteiger partial charge >= 0.3 is 0 Å². The zero-order valence-electron chi connectivity index (χ0n) is 19.7. The van der Waals surface area contributed by atoms with Crippen molar-refractivity contribution in [3.8, 4) is 28.7 Å². The molecule has 2 aromatic heterocycles. The van der Waals surface area contributed by atoms with Crippen LogP contribution in [0.1, 0.15) is 22.5 Å². The lowest BCUT2D eigenvalue weighted by molar-refractivity contribution is 0.0996. The van der Waals surface area contributed by atoms with E-state index in [0.717, 1.165) is 27.9 Å². The maximum absolute atomic E-state index is 12.2.